The lowest BCUT2D eigenvalue weighted by Crippen LogP contribution is -1.97. The zero-order valence-corrected chi connectivity index (χ0v) is 15.1. The van der Waals surface area contributed by atoms with Crippen LogP contribution in [0.3, 0.4) is 0 Å². The molecule has 0 aliphatic rings. The van der Waals surface area contributed by atoms with Gasteiger partial charge in [0.25, 0.3) is 0 Å². The molecule has 0 unspecified atom stereocenters. The van der Waals surface area contributed by atoms with Crippen molar-refractivity contribution in [2.45, 2.75) is 4.90 Å². The van der Waals surface area contributed by atoms with Gasteiger partial charge in [-0.05, 0) is 35.9 Å². The molecule has 2 heterocycles. The zero-order chi connectivity index (χ0) is 16.4. The molecule has 0 fully saturated rings. The van der Waals surface area contributed by atoms with E-state index in [1.54, 1.807) is 42.9 Å². The standard InChI is InChI=1S/C17H13ClN2O2S.ClH/c1-23(21,22)15-6-2-4-12(8-15)16-9-14(18)11-20-17(16)13-5-3-7-19-10-13;/h2-11H,1H3;1H. The molecule has 0 spiro atoms. The number of pyridine rings is 2. The SMILES string of the molecule is CS(=O)(=O)c1cccc(-c2cc(Cl)cnc2-c2cccnc2)c1.Cl. The highest BCUT2D eigenvalue weighted by atomic mass is 35.5. The number of aromatic nitrogens is 2. The van der Waals surface area contributed by atoms with Crippen LogP contribution in [-0.2, 0) is 9.84 Å². The first kappa shape index (κ1) is 18.4. The molecule has 2 aromatic heterocycles. The molecule has 0 saturated carbocycles. The van der Waals surface area contributed by atoms with Gasteiger partial charge in [0.05, 0.1) is 15.6 Å². The van der Waals surface area contributed by atoms with Gasteiger partial charge in [0, 0.05) is 36.0 Å². The summed E-state index contributed by atoms with van der Waals surface area (Å²) in [5.74, 6) is 0. The Balaban J connectivity index is 0.00000208. The van der Waals surface area contributed by atoms with Gasteiger partial charge < -0.3 is 0 Å². The van der Waals surface area contributed by atoms with Crippen LogP contribution in [0.5, 0.6) is 0 Å². The number of hydrogen-bond acceptors (Lipinski definition) is 4. The summed E-state index contributed by atoms with van der Waals surface area (Å²) in [7, 11) is -3.29. The van der Waals surface area contributed by atoms with Gasteiger partial charge in [-0.2, -0.15) is 0 Å². The number of rotatable bonds is 3. The third-order valence-corrected chi connectivity index (χ3v) is 4.68. The van der Waals surface area contributed by atoms with Gasteiger partial charge in [-0.3, -0.25) is 9.97 Å². The molecule has 4 nitrogen and oxygen atoms in total. The predicted molar refractivity (Wildman–Crippen MR) is 98.3 cm³/mol. The molecule has 124 valence electrons. The molecule has 0 atom stereocenters. The number of hydrogen-bond donors (Lipinski definition) is 0. The summed E-state index contributed by atoms with van der Waals surface area (Å²) in [4.78, 5) is 8.76. The molecule has 0 aliphatic heterocycles. The van der Waals surface area contributed by atoms with Crippen molar-refractivity contribution in [3.63, 3.8) is 0 Å². The van der Waals surface area contributed by atoms with E-state index in [2.05, 4.69) is 9.97 Å². The summed E-state index contributed by atoms with van der Waals surface area (Å²) in [6.45, 7) is 0. The van der Waals surface area contributed by atoms with Crippen LogP contribution in [0, 0.1) is 0 Å². The van der Waals surface area contributed by atoms with E-state index < -0.39 is 9.84 Å². The van der Waals surface area contributed by atoms with Crippen molar-refractivity contribution < 1.29 is 8.42 Å². The van der Waals surface area contributed by atoms with Crippen LogP contribution >= 0.6 is 24.0 Å². The Hall–Kier alpha value is -1.95. The Bertz CT molecular complexity index is 961. The van der Waals surface area contributed by atoms with Crippen molar-refractivity contribution >= 4 is 33.8 Å². The van der Waals surface area contributed by atoms with Crippen molar-refractivity contribution in [1.29, 1.82) is 0 Å². The second-order valence-electron chi connectivity index (χ2n) is 5.09. The van der Waals surface area contributed by atoms with E-state index in [4.69, 9.17) is 11.6 Å². The largest absolute Gasteiger partial charge is 0.264 e. The third kappa shape index (κ3) is 3.93. The molecule has 3 aromatic rings. The van der Waals surface area contributed by atoms with Gasteiger partial charge in [0.2, 0.25) is 0 Å². The predicted octanol–water partition coefficient (Wildman–Crippen LogP) is 4.29. The smallest absolute Gasteiger partial charge is 0.175 e. The summed E-state index contributed by atoms with van der Waals surface area (Å²) < 4.78 is 23.6. The average molecular weight is 381 g/mol. The molecule has 0 saturated heterocycles. The van der Waals surface area contributed by atoms with E-state index in [0.29, 0.717) is 10.7 Å². The molecule has 0 amide bonds. The summed E-state index contributed by atoms with van der Waals surface area (Å²) in [6, 6.07) is 12.2. The highest BCUT2D eigenvalue weighted by Crippen LogP contribution is 2.32. The Morgan fingerprint density at radius 2 is 1.75 bits per heavy atom. The minimum absolute atomic E-state index is 0. The van der Waals surface area contributed by atoms with E-state index in [1.807, 2.05) is 18.2 Å². The minimum Gasteiger partial charge on any atom is -0.264 e. The normalized spacial score (nSPS) is 10.9. The van der Waals surface area contributed by atoms with Crippen LogP contribution in [0.2, 0.25) is 5.02 Å². The van der Waals surface area contributed by atoms with Gasteiger partial charge in [-0.25, -0.2) is 8.42 Å². The van der Waals surface area contributed by atoms with Crippen LogP contribution in [0.4, 0.5) is 0 Å². The molecule has 0 bridgehead atoms. The topological polar surface area (TPSA) is 59.9 Å². The third-order valence-electron chi connectivity index (χ3n) is 3.36. The van der Waals surface area contributed by atoms with Gasteiger partial charge in [-0.1, -0.05) is 23.7 Å². The van der Waals surface area contributed by atoms with Gasteiger partial charge in [0.15, 0.2) is 9.84 Å². The van der Waals surface area contributed by atoms with Crippen LogP contribution < -0.4 is 0 Å². The lowest BCUT2D eigenvalue weighted by Gasteiger charge is -2.10. The number of benzene rings is 1. The molecular formula is C17H14Cl2N2O2S. The fourth-order valence-electron chi connectivity index (χ4n) is 2.29. The van der Waals surface area contributed by atoms with E-state index in [-0.39, 0.29) is 17.3 Å². The molecule has 7 heteroatoms. The average Bonchev–Trinajstić information content (AvgIpc) is 2.55. The highest BCUT2D eigenvalue weighted by Gasteiger charge is 2.13. The van der Waals surface area contributed by atoms with Crippen molar-refractivity contribution in [1.82, 2.24) is 9.97 Å². The van der Waals surface area contributed by atoms with Crippen LogP contribution in [0.25, 0.3) is 22.4 Å². The zero-order valence-electron chi connectivity index (χ0n) is 12.7. The van der Waals surface area contributed by atoms with Crippen molar-refractivity contribution in [3.05, 3.63) is 66.1 Å². The maximum absolute atomic E-state index is 11.8. The van der Waals surface area contributed by atoms with E-state index in [0.717, 1.165) is 16.7 Å². The Morgan fingerprint density at radius 3 is 2.42 bits per heavy atom. The summed E-state index contributed by atoms with van der Waals surface area (Å²) in [6.07, 6.45) is 6.14. The van der Waals surface area contributed by atoms with Crippen LogP contribution in [0.15, 0.2) is 66.0 Å². The van der Waals surface area contributed by atoms with Crippen LogP contribution in [0.1, 0.15) is 0 Å². The first-order chi connectivity index (χ1) is 10.9. The number of sulfone groups is 1. The molecule has 24 heavy (non-hydrogen) atoms. The van der Waals surface area contributed by atoms with E-state index in [1.165, 1.54) is 6.26 Å². The first-order valence-corrected chi connectivity index (χ1v) is 9.08. The van der Waals surface area contributed by atoms with Crippen molar-refractivity contribution in [3.8, 4) is 22.4 Å². The fraction of sp³-hybridized carbons (Fsp3) is 0.0588. The molecule has 0 N–H and O–H groups in total. The maximum Gasteiger partial charge on any atom is 0.175 e. The Kier molecular flexibility index (Phi) is 5.59. The molecule has 3 rings (SSSR count). The van der Waals surface area contributed by atoms with E-state index in [9.17, 15) is 8.42 Å². The molecular weight excluding hydrogens is 367 g/mol. The molecule has 0 radical (unpaired) electrons. The lowest BCUT2D eigenvalue weighted by molar-refractivity contribution is 0.602. The second kappa shape index (κ2) is 7.30. The Labute approximate surface area is 151 Å². The summed E-state index contributed by atoms with van der Waals surface area (Å²) >= 11 is 6.09. The van der Waals surface area contributed by atoms with Gasteiger partial charge in [-0.15, -0.1) is 12.4 Å². The van der Waals surface area contributed by atoms with E-state index >= 15 is 0 Å². The first-order valence-electron chi connectivity index (χ1n) is 6.81. The number of nitrogens with zero attached hydrogens (tertiary/aromatic N) is 2. The monoisotopic (exact) mass is 380 g/mol. The second-order valence-corrected chi connectivity index (χ2v) is 7.54. The number of halogens is 2. The van der Waals surface area contributed by atoms with Crippen molar-refractivity contribution in [2.75, 3.05) is 6.26 Å². The van der Waals surface area contributed by atoms with Gasteiger partial charge >= 0.3 is 0 Å². The van der Waals surface area contributed by atoms with Crippen LogP contribution in [-0.4, -0.2) is 24.6 Å². The minimum atomic E-state index is -3.29. The van der Waals surface area contributed by atoms with Crippen molar-refractivity contribution in [2.24, 2.45) is 0 Å². The lowest BCUT2D eigenvalue weighted by atomic mass is 10.0. The molecule has 0 aliphatic carbocycles. The molecule has 1 aromatic carbocycles. The summed E-state index contributed by atoms with van der Waals surface area (Å²) in [5, 5.41) is 0.484. The van der Waals surface area contributed by atoms with Gasteiger partial charge in [0.1, 0.15) is 0 Å². The maximum atomic E-state index is 11.8. The fourth-order valence-corrected chi connectivity index (χ4v) is 3.11. The highest BCUT2D eigenvalue weighted by molar-refractivity contribution is 7.90. The Morgan fingerprint density at radius 1 is 1.00 bits per heavy atom. The summed E-state index contributed by atoms with van der Waals surface area (Å²) in [5.41, 5.74) is 3.04. The quantitative estimate of drug-likeness (QED) is 0.679.